The number of hydrogen-bond acceptors (Lipinski definition) is 2. The first-order chi connectivity index (χ1) is 8.58. The molecule has 0 fully saturated rings. The highest BCUT2D eigenvalue weighted by Crippen LogP contribution is 2.25. The quantitative estimate of drug-likeness (QED) is 0.763. The van der Waals surface area contributed by atoms with Gasteiger partial charge in [-0.2, -0.15) is 0 Å². The fourth-order valence-electron chi connectivity index (χ4n) is 2.44. The minimum absolute atomic E-state index is 0.181. The lowest BCUT2D eigenvalue weighted by Gasteiger charge is -2.11. The highest BCUT2D eigenvalue weighted by molar-refractivity contribution is 5.82. The monoisotopic (exact) mass is 244 g/mol. The third-order valence-corrected chi connectivity index (χ3v) is 3.52. The number of hydrogen-bond donors (Lipinski definition) is 0. The molecule has 0 amide bonds. The van der Waals surface area contributed by atoms with E-state index in [-0.39, 0.29) is 5.63 Å². The van der Waals surface area contributed by atoms with Crippen LogP contribution in [0.4, 0.5) is 0 Å². The van der Waals surface area contributed by atoms with Gasteiger partial charge in [-0.05, 0) is 42.0 Å². The van der Waals surface area contributed by atoms with Crippen molar-refractivity contribution in [2.24, 2.45) is 0 Å². The summed E-state index contributed by atoms with van der Waals surface area (Å²) >= 11 is 0. The predicted molar refractivity (Wildman–Crippen MR) is 75.3 cm³/mol. The van der Waals surface area contributed by atoms with E-state index in [1.165, 1.54) is 5.56 Å². The number of benzene rings is 1. The van der Waals surface area contributed by atoms with Gasteiger partial charge in [-0.1, -0.05) is 33.8 Å². The summed E-state index contributed by atoms with van der Waals surface area (Å²) in [4.78, 5) is 11.9. The lowest BCUT2D eigenvalue weighted by Crippen LogP contribution is -2.10. The minimum atomic E-state index is -0.181. The number of rotatable bonds is 3. The van der Waals surface area contributed by atoms with Crippen molar-refractivity contribution in [3.63, 3.8) is 0 Å². The zero-order valence-corrected chi connectivity index (χ0v) is 11.5. The summed E-state index contributed by atoms with van der Waals surface area (Å²) in [5, 5.41) is 1.10. The topological polar surface area (TPSA) is 30.2 Å². The minimum Gasteiger partial charge on any atom is -0.423 e. The molecular formula is C16H20O2. The number of aryl methyl sites for hydroxylation is 1. The van der Waals surface area contributed by atoms with Crippen molar-refractivity contribution in [1.29, 1.82) is 0 Å². The van der Waals surface area contributed by atoms with E-state index in [2.05, 4.69) is 26.8 Å². The van der Waals surface area contributed by atoms with Crippen molar-refractivity contribution >= 4 is 11.0 Å². The van der Waals surface area contributed by atoms with Gasteiger partial charge in [0.2, 0.25) is 0 Å². The average molecular weight is 244 g/mol. The van der Waals surface area contributed by atoms with Crippen molar-refractivity contribution in [3.8, 4) is 0 Å². The van der Waals surface area contributed by atoms with E-state index in [1.807, 2.05) is 19.1 Å². The Kier molecular flexibility index (Phi) is 3.55. The zero-order valence-electron chi connectivity index (χ0n) is 11.5. The Bertz CT molecular complexity index is 621. The van der Waals surface area contributed by atoms with Gasteiger partial charge >= 0.3 is 5.63 Å². The maximum atomic E-state index is 11.9. The second-order valence-corrected chi connectivity index (χ2v) is 4.96. The van der Waals surface area contributed by atoms with Crippen LogP contribution in [0, 0.1) is 0 Å². The molecular weight excluding hydrogens is 224 g/mol. The van der Waals surface area contributed by atoms with Gasteiger partial charge in [-0.3, -0.25) is 0 Å². The van der Waals surface area contributed by atoms with Gasteiger partial charge in [0.05, 0.1) is 0 Å². The molecule has 0 unspecified atom stereocenters. The molecule has 2 heteroatoms. The fourth-order valence-corrected chi connectivity index (χ4v) is 2.44. The van der Waals surface area contributed by atoms with Crippen molar-refractivity contribution in [3.05, 3.63) is 45.3 Å². The van der Waals surface area contributed by atoms with Crippen LogP contribution in [0.1, 0.15) is 50.3 Å². The van der Waals surface area contributed by atoms with Gasteiger partial charge in [0.15, 0.2) is 0 Å². The summed E-state index contributed by atoms with van der Waals surface area (Å²) in [5.41, 5.74) is 3.78. The molecule has 0 bridgehead atoms. The summed E-state index contributed by atoms with van der Waals surface area (Å²) in [6.45, 7) is 8.44. The first-order valence-corrected chi connectivity index (χ1v) is 6.67. The SMILES string of the molecule is CCc1c(CC)c2cc(C(C)C)ccc2oc1=O. The van der Waals surface area contributed by atoms with E-state index in [1.54, 1.807) is 0 Å². The molecule has 0 aliphatic heterocycles. The molecule has 0 radical (unpaired) electrons. The van der Waals surface area contributed by atoms with E-state index in [4.69, 9.17) is 4.42 Å². The molecule has 0 aliphatic carbocycles. The highest BCUT2D eigenvalue weighted by Gasteiger charge is 2.12. The molecule has 2 aromatic rings. The van der Waals surface area contributed by atoms with Crippen LogP contribution in [0.5, 0.6) is 0 Å². The van der Waals surface area contributed by atoms with Crippen LogP contribution in [0.3, 0.4) is 0 Å². The van der Waals surface area contributed by atoms with Gasteiger partial charge in [0, 0.05) is 10.9 Å². The van der Waals surface area contributed by atoms with Gasteiger partial charge in [-0.25, -0.2) is 4.79 Å². The van der Waals surface area contributed by atoms with E-state index < -0.39 is 0 Å². The van der Waals surface area contributed by atoms with Crippen LogP contribution in [-0.4, -0.2) is 0 Å². The van der Waals surface area contributed by atoms with Crippen molar-refractivity contribution in [2.45, 2.75) is 46.5 Å². The molecule has 1 aromatic heterocycles. The Balaban J connectivity index is 2.83. The second kappa shape index (κ2) is 4.97. The smallest absolute Gasteiger partial charge is 0.339 e. The molecule has 0 saturated heterocycles. The van der Waals surface area contributed by atoms with Crippen LogP contribution < -0.4 is 5.63 Å². The molecule has 2 nitrogen and oxygen atoms in total. The first-order valence-electron chi connectivity index (χ1n) is 6.67. The molecule has 0 N–H and O–H groups in total. The van der Waals surface area contributed by atoms with Crippen molar-refractivity contribution in [2.75, 3.05) is 0 Å². The summed E-state index contributed by atoms with van der Waals surface area (Å²) < 4.78 is 5.41. The van der Waals surface area contributed by atoms with E-state index in [0.29, 0.717) is 11.5 Å². The molecule has 1 heterocycles. The fraction of sp³-hybridized carbons (Fsp3) is 0.438. The normalized spacial score (nSPS) is 11.4. The molecule has 0 spiro atoms. The zero-order chi connectivity index (χ0) is 13.3. The summed E-state index contributed by atoms with van der Waals surface area (Å²) in [6, 6.07) is 6.13. The third kappa shape index (κ3) is 2.07. The first kappa shape index (κ1) is 12.9. The highest BCUT2D eigenvalue weighted by atomic mass is 16.4. The van der Waals surface area contributed by atoms with E-state index in [9.17, 15) is 4.79 Å². The van der Waals surface area contributed by atoms with Gasteiger partial charge in [-0.15, -0.1) is 0 Å². The lowest BCUT2D eigenvalue weighted by molar-refractivity contribution is 0.548. The Morgan fingerprint density at radius 3 is 2.33 bits per heavy atom. The van der Waals surface area contributed by atoms with Gasteiger partial charge in [0.1, 0.15) is 5.58 Å². The van der Waals surface area contributed by atoms with E-state index in [0.717, 1.165) is 29.4 Å². The molecule has 0 atom stereocenters. The number of fused-ring (bicyclic) bond motifs is 1. The van der Waals surface area contributed by atoms with Gasteiger partial charge in [0.25, 0.3) is 0 Å². The van der Waals surface area contributed by atoms with Crippen LogP contribution in [0.25, 0.3) is 11.0 Å². The molecule has 2 rings (SSSR count). The van der Waals surface area contributed by atoms with Crippen LogP contribution in [-0.2, 0) is 12.8 Å². The van der Waals surface area contributed by atoms with E-state index >= 15 is 0 Å². The summed E-state index contributed by atoms with van der Waals surface area (Å²) in [5.74, 6) is 0.483. The van der Waals surface area contributed by atoms with Crippen LogP contribution in [0.15, 0.2) is 27.4 Å². The Morgan fingerprint density at radius 2 is 1.78 bits per heavy atom. The maximum absolute atomic E-state index is 11.9. The molecule has 1 aromatic carbocycles. The van der Waals surface area contributed by atoms with Crippen molar-refractivity contribution < 1.29 is 4.42 Å². The van der Waals surface area contributed by atoms with Crippen LogP contribution >= 0.6 is 0 Å². The van der Waals surface area contributed by atoms with Gasteiger partial charge < -0.3 is 4.42 Å². The Morgan fingerprint density at radius 1 is 1.11 bits per heavy atom. The molecule has 0 aliphatic rings. The average Bonchev–Trinajstić information content (AvgIpc) is 2.36. The molecule has 18 heavy (non-hydrogen) atoms. The summed E-state index contributed by atoms with van der Waals surface area (Å²) in [7, 11) is 0. The third-order valence-electron chi connectivity index (χ3n) is 3.52. The standard InChI is InChI=1S/C16H20O2/c1-5-12-13(6-2)16(17)18-15-8-7-11(10(3)4)9-14(12)15/h7-10H,5-6H2,1-4H3. The Labute approximate surface area is 108 Å². The maximum Gasteiger partial charge on any atom is 0.339 e. The largest absolute Gasteiger partial charge is 0.423 e. The summed E-state index contributed by atoms with van der Waals surface area (Å²) in [6.07, 6.45) is 1.60. The molecule has 96 valence electrons. The predicted octanol–water partition coefficient (Wildman–Crippen LogP) is 4.04. The second-order valence-electron chi connectivity index (χ2n) is 4.96. The lowest BCUT2D eigenvalue weighted by atomic mass is 9.96. The Hall–Kier alpha value is -1.57. The van der Waals surface area contributed by atoms with Crippen molar-refractivity contribution in [1.82, 2.24) is 0 Å². The van der Waals surface area contributed by atoms with Crippen LogP contribution in [0.2, 0.25) is 0 Å². The molecule has 0 saturated carbocycles.